The van der Waals surface area contributed by atoms with E-state index >= 15 is 0 Å². The van der Waals surface area contributed by atoms with Gasteiger partial charge in [0, 0.05) is 23.2 Å². The van der Waals surface area contributed by atoms with Crippen LogP contribution in [0.25, 0.3) is 10.1 Å². The van der Waals surface area contributed by atoms with Gasteiger partial charge in [0.2, 0.25) is 5.91 Å². The molecule has 5 nitrogen and oxygen atoms in total. The molecule has 110 valence electrons. The highest BCUT2D eigenvalue weighted by Crippen LogP contribution is 2.34. The second-order valence-corrected chi connectivity index (χ2v) is 5.97. The predicted molar refractivity (Wildman–Crippen MR) is 79.7 cm³/mol. The van der Waals surface area contributed by atoms with Crippen LogP contribution in [0.4, 0.5) is 10.1 Å². The Morgan fingerprint density at radius 3 is 3.05 bits per heavy atom. The molecule has 0 saturated carbocycles. The molecule has 0 atom stereocenters. The minimum absolute atomic E-state index is 0.0287. The SMILES string of the molecule is Nc1c(C(=O)N2CCCNC(=O)C2)sc2ccc(F)cc12. The highest BCUT2D eigenvalue weighted by atomic mass is 32.1. The molecule has 2 amide bonds. The van der Waals surface area contributed by atoms with E-state index in [1.54, 1.807) is 6.07 Å². The lowest BCUT2D eigenvalue weighted by molar-refractivity contribution is -0.121. The van der Waals surface area contributed by atoms with Gasteiger partial charge in [0.1, 0.15) is 10.7 Å². The van der Waals surface area contributed by atoms with E-state index in [9.17, 15) is 14.0 Å². The average molecular weight is 307 g/mol. The number of benzene rings is 1. The third kappa shape index (κ3) is 2.56. The summed E-state index contributed by atoms with van der Waals surface area (Å²) in [6, 6.07) is 4.27. The number of halogens is 1. The third-order valence-electron chi connectivity index (χ3n) is 3.43. The van der Waals surface area contributed by atoms with Crippen LogP contribution in [0, 0.1) is 5.82 Å². The Labute approximate surface area is 124 Å². The molecule has 0 aliphatic carbocycles. The Hall–Kier alpha value is -2.15. The van der Waals surface area contributed by atoms with E-state index in [1.165, 1.54) is 28.4 Å². The highest BCUT2D eigenvalue weighted by Gasteiger charge is 2.25. The Morgan fingerprint density at radius 2 is 2.24 bits per heavy atom. The first-order valence-corrected chi connectivity index (χ1v) is 7.41. The minimum Gasteiger partial charge on any atom is -0.397 e. The lowest BCUT2D eigenvalue weighted by Gasteiger charge is -2.18. The number of nitrogens with two attached hydrogens (primary N) is 1. The lowest BCUT2D eigenvalue weighted by Crippen LogP contribution is -2.37. The quantitative estimate of drug-likeness (QED) is 0.840. The van der Waals surface area contributed by atoms with Gasteiger partial charge in [-0.25, -0.2) is 4.39 Å². The molecule has 0 unspecified atom stereocenters. The number of hydrogen-bond acceptors (Lipinski definition) is 4. The molecule has 21 heavy (non-hydrogen) atoms. The molecule has 1 aliphatic rings. The van der Waals surface area contributed by atoms with Gasteiger partial charge in [-0.2, -0.15) is 0 Å². The normalized spacial score (nSPS) is 15.9. The Balaban J connectivity index is 1.97. The molecule has 1 aromatic carbocycles. The summed E-state index contributed by atoms with van der Waals surface area (Å²) in [7, 11) is 0. The van der Waals surface area contributed by atoms with Gasteiger partial charge < -0.3 is 16.0 Å². The molecule has 1 aliphatic heterocycles. The second kappa shape index (κ2) is 5.33. The van der Waals surface area contributed by atoms with Gasteiger partial charge in [-0.15, -0.1) is 11.3 Å². The molecule has 7 heteroatoms. The number of thiophene rings is 1. The molecule has 0 radical (unpaired) electrons. The van der Waals surface area contributed by atoms with Crippen molar-refractivity contribution in [3.63, 3.8) is 0 Å². The highest BCUT2D eigenvalue weighted by molar-refractivity contribution is 7.21. The molecular weight excluding hydrogens is 293 g/mol. The topological polar surface area (TPSA) is 75.4 Å². The van der Waals surface area contributed by atoms with Gasteiger partial charge in [0.15, 0.2) is 0 Å². The summed E-state index contributed by atoms with van der Waals surface area (Å²) in [5.41, 5.74) is 6.27. The van der Waals surface area contributed by atoms with Crippen LogP contribution in [0.15, 0.2) is 18.2 Å². The Kier molecular flexibility index (Phi) is 3.50. The fraction of sp³-hybridized carbons (Fsp3) is 0.286. The van der Waals surface area contributed by atoms with E-state index in [4.69, 9.17) is 5.73 Å². The van der Waals surface area contributed by atoms with Gasteiger partial charge in [-0.05, 0) is 24.6 Å². The van der Waals surface area contributed by atoms with Crippen molar-refractivity contribution in [2.45, 2.75) is 6.42 Å². The molecule has 2 heterocycles. The number of rotatable bonds is 1. The molecule has 2 aromatic rings. The minimum atomic E-state index is -0.389. The number of nitrogens with one attached hydrogen (secondary N) is 1. The zero-order valence-electron chi connectivity index (χ0n) is 11.2. The van der Waals surface area contributed by atoms with Crippen LogP contribution in [0.2, 0.25) is 0 Å². The summed E-state index contributed by atoms with van der Waals surface area (Å²) in [4.78, 5) is 26.0. The third-order valence-corrected chi connectivity index (χ3v) is 4.61. The first-order valence-electron chi connectivity index (χ1n) is 6.60. The van der Waals surface area contributed by atoms with Gasteiger partial charge in [0.05, 0.1) is 12.2 Å². The van der Waals surface area contributed by atoms with E-state index in [1.807, 2.05) is 0 Å². The maximum Gasteiger partial charge on any atom is 0.266 e. The Morgan fingerprint density at radius 1 is 1.43 bits per heavy atom. The molecule has 3 rings (SSSR count). The first-order chi connectivity index (χ1) is 10.1. The van der Waals surface area contributed by atoms with Gasteiger partial charge in [-0.1, -0.05) is 0 Å². The number of amides is 2. The summed E-state index contributed by atoms with van der Waals surface area (Å²) in [5, 5.41) is 3.26. The number of nitrogen functional groups attached to an aromatic ring is 1. The number of carbonyl (C=O) groups excluding carboxylic acids is 2. The van der Waals surface area contributed by atoms with Crippen molar-refractivity contribution in [3.05, 3.63) is 28.9 Å². The lowest BCUT2D eigenvalue weighted by atomic mass is 10.2. The van der Waals surface area contributed by atoms with Crippen LogP contribution < -0.4 is 11.1 Å². The van der Waals surface area contributed by atoms with Crippen LogP contribution in [-0.2, 0) is 4.79 Å². The van der Waals surface area contributed by atoms with Crippen molar-refractivity contribution in [1.29, 1.82) is 0 Å². The largest absolute Gasteiger partial charge is 0.397 e. The van der Waals surface area contributed by atoms with Gasteiger partial charge in [-0.3, -0.25) is 9.59 Å². The maximum atomic E-state index is 13.3. The zero-order valence-corrected chi connectivity index (χ0v) is 12.0. The summed E-state index contributed by atoms with van der Waals surface area (Å²) in [6.07, 6.45) is 0.705. The average Bonchev–Trinajstić information content (AvgIpc) is 2.64. The smallest absolute Gasteiger partial charge is 0.266 e. The van der Waals surface area contributed by atoms with Gasteiger partial charge >= 0.3 is 0 Å². The summed E-state index contributed by atoms with van der Waals surface area (Å²) < 4.78 is 14.0. The number of fused-ring (bicyclic) bond motifs is 1. The first kappa shape index (κ1) is 13.8. The van der Waals surface area contributed by atoms with Crippen LogP contribution >= 0.6 is 11.3 Å². The van der Waals surface area contributed by atoms with Crippen LogP contribution in [0.1, 0.15) is 16.1 Å². The molecular formula is C14H14FN3O2S. The second-order valence-electron chi connectivity index (χ2n) is 4.92. The van der Waals surface area contributed by atoms with Crippen molar-refractivity contribution in [3.8, 4) is 0 Å². The van der Waals surface area contributed by atoms with E-state index in [-0.39, 0.29) is 29.9 Å². The van der Waals surface area contributed by atoms with Crippen LogP contribution in [0.5, 0.6) is 0 Å². The monoisotopic (exact) mass is 307 g/mol. The van der Waals surface area contributed by atoms with Crippen molar-refractivity contribution in [1.82, 2.24) is 10.2 Å². The summed E-state index contributed by atoms with van der Waals surface area (Å²) in [5.74, 6) is -0.835. The Bertz CT molecular complexity index is 728. The van der Waals surface area contributed by atoms with Crippen molar-refractivity contribution in [2.75, 3.05) is 25.4 Å². The molecule has 3 N–H and O–H groups in total. The van der Waals surface area contributed by atoms with Crippen molar-refractivity contribution in [2.24, 2.45) is 0 Å². The van der Waals surface area contributed by atoms with E-state index in [0.29, 0.717) is 29.8 Å². The number of carbonyl (C=O) groups is 2. The number of hydrogen-bond donors (Lipinski definition) is 2. The van der Waals surface area contributed by atoms with E-state index in [2.05, 4.69) is 5.32 Å². The summed E-state index contributed by atoms with van der Waals surface area (Å²) >= 11 is 1.23. The standard InChI is InChI=1S/C14H14FN3O2S/c15-8-2-3-10-9(6-8)12(16)13(21-10)14(20)18-5-1-4-17-11(19)7-18/h2-3,6H,1,4-5,7,16H2,(H,17,19). The molecule has 0 bridgehead atoms. The molecule has 0 spiro atoms. The van der Waals surface area contributed by atoms with Crippen LogP contribution in [0.3, 0.4) is 0 Å². The molecule has 1 fully saturated rings. The fourth-order valence-corrected chi connectivity index (χ4v) is 3.44. The molecule has 1 aromatic heterocycles. The van der Waals surface area contributed by atoms with Crippen molar-refractivity contribution >= 4 is 38.9 Å². The summed E-state index contributed by atoms with van der Waals surface area (Å²) in [6.45, 7) is 1.09. The maximum absolute atomic E-state index is 13.3. The molecule has 1 saturated heterocycles. The van der Waals surface area contributed by atoms with Crippen LogP contribution in [-0.4, -0.2) is 36.3 Å². The zero-order chi connectivity index (χ0) is 15.0. The predicted octanol–water partition coefficient (Wildman–Crippen LogP) is 1.58. The van der Waals surface area contributed by atoms with Crippen molar-refractivity contribution < 1.29 is 14.0 Å². The fourth-order valence-electron chi connectivity index (χ4n) is 2.37. The van der Waals surface area contributed by atoms with E-state index < -0.39 is 0 Å². The van der Waals surface area contributed by atoms with E-state index in [0.717, 1.165) is 4.70 Å². The number of anilines is 1. The van der Waals surface area contributed by atoms with Gasteiger partial charge in [0.25, 0.3) is 5.91 Å². The number of nitrogens with zero attached hydrogens (tertiary/aromatic N) is 1.